The summed E-state index contributed by atoms with van der Waals surface area (Å²) < 4.78 is 0. The third kappa shape index (κ3) is 2.01. The standard InChI is InChI=1S/C12H23NS/c1-7-12(6,11(3,4)5)10-13-8-9(2)14-10/h7,9-10,13H,1,8H2,2-6H3. The van der Waals surface area contributed by atoms with Gasteiger partial charge in [-0.15, -0.1) is 18.3 Å². The minimum absolute atomic E-state index is 0.155. The Balaban J connectivity index is 2.85. The lowest BCUT2D eigenvalue weighted by atomic mass is 9.67. The van der Waals surface area contributed by atoms with E-state index in [-0.39, 0.29) is 10.8 Å². The highest BCUT2D eigenvalue weighted by atomic mass is 32.2. The summed E-state index contributed by atoms with van der Waals surface area (Å²) in [5.74, 6) is 0. The first-order valence-corrected chi connectivity index (χ1v) is 6.28. The Labute approximate surface area is 92.7 Å². The molecule has 14 heavy (non-hydrogen) atoms. The van der Waals surface area contributed by atoms with Crippen molar-refractivity contribution in [2.24, 2.45) is 10.8 Å². The molecule has 0 amide bonds. The van der Waals surface area contributed by atoms with Gasteiger partial charge < -0.3 is 5.32 Å². The maximum atomic E-state index is 4.02. The highest BCUT2D eigenvalue weighted by Crippen LogP contribution is 2.48. The van der Waals surface area contributed by atoms with E-state index in [0.29, 0.717) is 5.37 Å². The SMILES string of the molecule is C=CC(C)(C1NCC(C)S1)C(C)(C)C. The smallest absolute Gasteiger partial charge is 0.0630 e. The second-order valence-electron chi connectivity index (χ2n) is 5.47. The Morgan fingerprint density at radius 3 is 2.21 bits per heavy atom. The summed E-state index contributed by atoms with van der Waals surface area (Å²) in [5.41, 5.74) is 0.409. The van der Waals surface area contributed by atoms with Crippen LogP contribution in [0.5, 0.6) is 0 Å². The summed E-state index contributed by atoms with van der Waals surface area (Å²) in [5, 5.41) is 4.83. The molecular weight excluding hydrogens is 190 g/mol. The fourth-order valence-corrected chi connectivity index (χ4v) is 3.34. The van der Waals surface area contributed by atoms with Crippen LogP contribution < -0.4 is 5.32 Å². The molecule has 0 aromatic rings. The van der Waals surface area contributed by atoms with E-state index in [9.17, 15) is 0 Å². The van der Waals surface area contributed by atoms with E-state index >= 15 is 0 Å². The first kappa shape index (κ1) is 12.1. The molecule has 0 saturated carbocycles. The van der Waals surface area contributed by atoms with Gasteiger partial charge in [-0.3, -0.25) is 0 Å². The van der Waals surface area contributed by atoms with Crippen molar-refractivity contribution < 1.29 is 0 Å². The highest BCUT2D eigenvalue weighted by Gasteiger charge is 2.44. The number of hydrogen-bond donors (Lipinski definition) is 1. The zero-order valence-corrected chi connectivity index (χ0v) is 10.9. The van der Waals surface area contributed by atoms with Crippen LogP contribution in [0.3, 0.4) is 0 Å². The van der Waals surface area contributed by atoms with E-state index in [1.54, 1.807) is 0 Å². The van der Waals surface area contributed by atoms with Gasteiger partial charge in [-0.05, 0) is 5.41 Å². The maximum absolute atomic E-state index is 4.02. The van der Waals surface area contributed by atoms with E-state index in [1.165, 1.54) is 0 Å². The molecule has 3 unspecified atom stereocenters. The third-order valence-corrected chi connectivity index (χ3v) is 5.10. The van der Waals surface area contributed by atoms with Gasteiger partial charge in [-0.25, -0.2) is 0 Å². The van der Waals surface area contributed by atoms with Crippen molar-refractivity contribution in [2.75, 3.05) is 6.54 Å². The van der Waals surface area contributed by atoms with Crippen molar-refractivity contribution in [3.05, 3.63) is 12.7 Å². The average molecular weight is 213 g/mol. The van der Waals surface area contributed by atoms with Crippen LogP contribution in [0.15, 0.2) is 12.7 Å². The van der Waals surface area contributed by atoms with Crippen molar-refractivity contribution in [3.63, 3.8) is 0 Å². The molecule has 1 rings (SSSR count). The quantitative estimate of drug-likeness (QED) is 0.707. The molecule has 0 bridgehead atoms. The maximum Gasteiger partial charge on any atom is 0.0630 e. The largest absolute Gasteiger partial charge is 0.304 e. The van der Waals surface area contributed by atoms with Gasteiger partial charge in [0, 0.05) is 17.2 Å². The fraction of sp³-hybridized carbons (Fsp3) is 0.833. The second-order valence-corrected chi connectivity index (χ2v) is 7.02. The van der Waals surface area contributed by atoms with Gasteiger partial charge in [-0.1, -0.05) is 40.7 Å². The Hall–Kier alpha value is 0.0500. The van der Waals surface area contributed by atoms with Crippen LogP contribution in [0, 0.1) is 10.8 Å². The van der Waals surface area contributed by atoms with Crippen LogP contribution in [0.2, 0.25) is 0 Å². The lowest BCUT2D eigenvalue weighted by Gasteiger charge is -2.43. The summed E-state index contributed by atoms with van der Waals surface area (Å²) in [7, 11) is 0. The van der Waals surface area contributed by atoms with Crippen LogP contribution in [0.4, 0.5) is 0 Å². The van der Waals surface area contributed by atoms with E-state index in [1.807, 2.05) is 11.8 Å². The Kier molecular flexibility index (Phi) is 3.37. The second kappa shape index (κ2) is 3.90. The Morgan fingerprint density at radius 1 is 1.36 bits per heavy atom. The molecule has 0 aromatic heterocycles. The van der Waals surface area contributed by atoms with E-state index in [0.717, 1.165) is 11.8 Å². The molecule has 1 N–H and O–H groups in total. The van der Waals surface area contributed by atoms with Gasteiger partial charge in [0.15, 0.2) is 0 Å². The first-order valence-electron chi connectivity index (χ1n) is 5.33. The lowest BCUT2D eigenvalue weighted by Crippen LogP contribution is -2.45. The van der Waals surface area contributed by atoms with Gasteiger partial charge in [-0.2, -0.15) is 0 Å². The number of thioether (sulfide) groups is 1. The van der Waals surface area contributed by atoms with Crippen LogP contribution in [-0.4, -0.2) is 17.2 Å². The van der Waals surface area contributed by atoms with Gasteiger partial charge in [0.05, 0.1) is 5.37 Å². The molecule has 2 heteroatoms. The van der Waals surface area contributed by atoms with Crippen molar-refractivity contribution >= 4 is 11.8 Å². The molecule has 1 nitrogen and oxygen atoms in total. The van der Waals surface area contributed by atoms with Gasteiger partial charge >= 0.3 is 0 Å². The molecule has 3 atom stereocenters. The number of rotatable bonds is 2. The number of hydrogen-bond acceptors (Lipinski definition) is 2. The summed E-state index contributed by atoms with van der Waals surface area (Å²) >= 11 is 2.04. The monoisotopic (exact) mass is 213 g/mol. The van der Waals surface area contributed by atoms with Gasteiger partial charge in [0.25, 0.3) is 0 Å². The van der Waals surface area contributed by atoms with Crippen molar-refractivity contribution in [3.8, 4) is 0 Å². The first-order chi connectivity index (χ1) is 6.31. The van der Waals surface area contributed by atoms with Crippen molar-refractivity contribution in [1.82, 2.24) is 5.32 Å². The van der Waals surface area contributed by atoms with Crippen LogP contribution in [-0.2, 0) is 0 Å². The average Bonchev–Trinajstić information content (AvgIpc) is 2.48. The topological polar surface area (TPSA) is 12.0 Å². The normalized spacial score (nSPS) is 32.6. The Morgan fingerprint density at radius 2 is 1.93 bits per heavy atom. The van der Waals surface area contributed by atoms with Crippen LogP contribution in [0.25, 0.3) is 0 Å². The predicted octanol–water partition coefficient (Wildman–Crippen LogP) is 3.28. The molecule has 1 saturated heterocycles. The van der Waals surface area contributed by atoms with E-state index < -0.39 is 0 Å². The molecule has 0 aliphatic carbocycles. The van der Waals surface area contributed by atoms with Crippen LogP contribution >= 0.6 is 11.8 Å². The molecule has 82 valence electrons. The fourth-order valence-electron chi connectivity index (χ4n) is 1.76. The zero-order valence-electron chi connectivity index (χ0n) is 10.1. The lowest BCUT2D eigenvalue weighted by molar-refractivity contribution is 0.154. The zero-order chi connectivity index (χ0) is 11.0. The predicted molar refractivity (Wildman–Crippen MR) is 66.6 cm³/mol. The highest BCUT2D eigenvalue weighted by molar-refractivity contribution is 8.00. The minimum atomic E-state index is 0.155. The van der Waals surface area contributed by atoms with Crippen LogP contribution in [0.1, 0.15) is 34.6 Å². The summed E-state index contributed by atoms with van der Waals surface area (Å²) in [4.78, 5) is 0. The third-order valence-electron chi connectivity index (χ3n) is 3.54. The molecule has 0 aromatic carbocycles. The molecule has 1 aliphatic rings. The molecule has 1 heterocycles. The van der Waals surface area contributed by atoms with Gasteiger partial charge in [0.1, 0.15) is 0 Å². The van der Waals surface area contributed by atoms with Gasteiger partial charge in [0.2, 0.25) is 0 Å². The molecule has 0 radical (unpaired) electrons. The summed E-state index contributed by atoms with van der Waals surface area (Å²) in [6.07, 6.45) is 2.12. The minimum Gasteiger partial charge on any atom is -0.304 e. The van der Waals surface area contributed by atoms with Crippen molar-refractivity contribution in [1.29, 1.82) is 0 Å². The van der Waals surface area contributed by atoms with E-state index in [2.05, 4.69) is 52.6 Å². The van der Waals surface area contributed by atoms with Crippen molar-refractivity contribution in [2.45, 2.75) is 45.2 Å². The molecule has 1 aliphatic heterocycles. The Bertz CT molecular complexity index is 219. The molecular formula is C12H23NS. The summed E-state index contributed by atoms with van der Waals surface area (Å²) in [6, 6.07) is 0. The molecule has 1 fully saturated rings. The van der Waals surface area contributed by atoms with E-state index in [4.69, 9.17) is 0 Å². The summed E-state index contributed by atoms with van der Waals surface area (Å²) in [6.45, 7) is 16.6. The molecule has 0 spiro atoms. The number of nitrogens with one attached hydrogen (secondary N) is 1.